The first-order chi connectivity index (χ1) is 20.5. The number of benzene rings is 2. The number of amides is 1. The van der Waals surface area contributed by atoms with E-state index in [2.05, 4.69) is 10.3 Å². The van der Waals surface area contributed by atoms with Gasteiger partial charge in [0, 0.05) is 50.8 Å². The summed E-state index contributed by atoms with van der Waals surface area (Å²) in [5, 5.41) is 15.0. The number of nitrogens with one attached hydrogen (secondary N) is 2. The predicted molar refractivity (Wildman–Crippen MR) is 157 cm³/mol. The van der Waals surface area contributed by atoms with E-state index >= 15 is 0 Å². The average Bonchev–Trinajstić information content (AvgIpc) is 3.60. The summed E-state index contributed by atoms with van der Waals surface area (Å²) in [6.45, 7) is 2.46. The van der Waals surface area contributed by atoms with Crippen molar-refractivity contribution in [2.45, 2.75) is 49.8 Å². The van der Waals surface area contributed by atoms with Crippen molar-refractivity contribution in [1.82, 2.24) is 24.8 Å². The topological polar surface area (TPSA) is 135 Å². The molecule has 0 radical (unpaired) electrons. The van der Waals surface area contributed by atoms with Crippen molar-refractivity contribution in [3.05, 3.63) is 71.1 Å². The maximum Gasteiger partial charge on any atom is 0.417 e. The van der Waals surface area contributed by atoms with Crippen LogP contribution in [0.25, 0.3) is 22.4 Å². The number of oxazole rings is 1. The van der Waals surface area contributed by atoms with E-state index in [1.54, 1.807) is 31.6 Å². The highest BCUT2D eigenvalue weighted by Gasteiger charge is 2.42. The van der Waals surface area contributed by atoms with Gasteiger partial charge >= 0.3 is 5.76 Å². The van der Waals surface area contributed by atoms with Gasteiger partial charge in [-0.05, 0) is 25.0 Å². The van der Waals surface area contributed by atoms with Crippen LogP contribution in [0.15, 0.2) is 64.1 Å². The molecule has 3 heterocycles. The van der Waals surface area contributed by atoms with E-state index in [9.17, 15) is 14.7 Å². The van der Waals surface area contributed by atoms with Gasteiger partial charge in [-0.3, -0.25) is 9.78 Å². The molecule has 1 amide bonds. The molecule has 11 nitrogen and oxygen atoms in total. The molecule has 3 atom stereocenters. The Morgan fingerprint density at radius 2 is 2.07 bits per heavy atom. The number of piperazine rings is 1. The van der Waals surface area contributed by atoms with Crippen LogP contribution in [0.1, 0.15) is 48.6 Å². The van der Waals surface area contributed by atoms with Crippen LogP contribution < -0.4 is 15.8 Å². The zero-order chi connectivity index (χ0) is 29.1. The molecule has 1 aliphatic heterocycles. The second-order valence-corrected chi connectivity index (χ2v) is 11.2. The third-order valence-electron chi connectivity index (χ3n) is 8.45. The van der Waals surface area contributed by atoms with Crippen molar-refractivity contribution < 1.29 is 23.8 Å². The van der Waals surface area contributed by atoms with Gasteiger partial charge in [0.2, 0.25) is 0 Å². The number of nitrogens with zero attached hydrogens (tertiary/aromatic N) is 3. The molecule has 0 bridgehead atoms. The first-order valence-corrected chi connectivity index (χ1v) is 14.6. The summed E-state index contributed by atoms with van der Waals surface area (Å²) in [5.41, 5.74) is 1.99. The first kappa shape index (κ1) is 28.2. The van der Waals surface area contributed by atoms with E-state index in [-0.39, 0.29) is 24.6 Å². The summed E-state index contributed by atoms with van der Waals surface area (Å²) in [6.07, 6.45) is 5.62. The van der Waals surface area contributed by atoms with Gasteiger partial charge in [0.1, 0.15) is 11.4 Å². The van der Waals surface area contributed by atoms with E-state index in [4.69, 9.17) is 18.9 Å². The number of imidazole rings is 1. The molecule has 0 unspecified atom stereocenters. The minimum atomic E-state index is -1.04. The zero-order valence-electron chi connectivity index (χ0n) is 23.8. The second-order valence-electron chi connectivity index (χ2n) is 11.2. The Balaban J connectivity index is 1.25. The quantitative estimate of drug-likeness (QED) is 0.277. The smallest absolute Gasteiger partial charge is 0.417 e. The number of aromatic nitrogens is 3. The average molecular weight is 576 g/mol. The zero-order valence-corrected chi connectivity index (χ0v) is 23.8. The van der Waals surface area contributed by atoms with Gasteiger partial charge < -0.3 is 33.8 Å². The number of methoxy groups -OCH3 is 1. The lowest BCUT2D eigenvalue weighted by Gasteiger charge is -2.41. The highest BCUT2D eigenvalue weighted by atomic mass is 16.5. The molecule has 1 aliphatic carbocycles. The number of hydrogen-bond donors (Lipinski definition) is 3. The molecule has 3 N–H and O–H groups in total. The van der Waals surface area contributed by atoms with E-state index in [1.165, 1.54) is 0 Å². The molecule has 2 aromatic carbocycles. The highest BCUT2D eigenvalue weighted by Crippen LogP contribution is 2.41. The predicted octanol–water partition coefficient (Wildman–Crippen LogP) is 3.36. The largest absolute Gasteiger partial charge is 0.493 e. The number of carbonyl (C=O) groups excluding carboxylic acids is 1. The molecule has 2 aromatic heterocycles. The van der Waals surface area contributed by atoms with Gasteiger partial charge in [-0.25, -0.2) is 9.78 Å². The molecule has 2 fully saturated rings. The number of rotatable bonds is 9. The molecule has 1 saturated heterocycles. The monoisotopic (exact) mass is 575 g/mol. The van der Waals surface area contributed by atoms with Gasteiger partial charge in [-0.15, -0.1) is 0 Å². The van der Waals surface area contributed by atoms with Crippen molar-refractivity contribution >= 4 is 17.0 Å². The summed E-state index contributed by atoms with van der Waals surface area (Å²) < 4.78 is 18.6. The van der Waals surface area contributed by atoms with Crippen LogP contribution in [0.4, 0.5) is 0 Å². The summed E-state index contributed by atoms with van der Waals surface area (Å²) in [5.74, 6) is -0.0532. The molecule has 0 spiro atoms. The lowest BCUT2D eigenvalue weighted by atomic mass is 9.80. The van der Waals surface area contributed by atoms with Crippen molar-refractivity contribution in [2.75, 3.05) is 40.0 Å². The number of hydrogen-bond acceptors (Lipinski definition) is 8. The molecular weight excluding hydrogens is 538 g/mol. The Morgan fingerprint density at radius 1 is 1.21 bits per heavy atom. The van der Waals surface area contributed by atoms with Crippen LogP contribution in [0, 0.1) is 0 Å². The van der Waals surface area contributed by atoms with E-state index < -0.39 is 11.4 Å². The summed E-state index contributed by atoms with van der Waals surface area (Å²) in [6, 6.07) is 14.7. The maximum absolute atomic E-state index is 14.2. The Bertz CT molecular complexity index is 1580. The van der Waals surface area contributed by atoms with Crippen molar-refractivity contribution in [3.63, 3.8) is 0 Å². The normalized spacial score (nSPS) is 22.9. The number of carbonyl (C=O) groups is 1. The third-order valence-corrected chi connectivity index (χ3v) is 8.45. The van der Waals surface area contributed by atoms with Gasteiger partial charge in [0.25, 0.3) is 5.91 Å². The molecule has 42 heavy (non-hydrogen) atoms. The summed E-state index contributed by atoms with van der Waals surface area (Å²) in [4.78, 5) is 34.9. The first-order valence-electron chi connectivity index (χ1n) is 14.6. The molecule has 1 saturated carbocycles. The van der Waals surface area contributed by atoms with Gasteiger partial charge in [0.15, 0.2) is 11.3 Å². The van der Waals surface area contributed by atoms with Gasteiger partial charge in [-0.2, -0.15) is 0 Å². The third kappa shape index (κ3) is 5.59. The van der Waals surface area contributed by atoms with Crippen molar-refractivity contribution in [2.24, 2.45) is 0 Å². The minimum absolute atomic E-state index is 0.103. The summed E-state index contributed by atoms with van der Waals surface area (Å²) in [7, 11) is 1.61. The number of H-pyrrole nitrogens is 1. The fourth-order valence-electron chi connectivity index (χ4n) is 6.41. The fraction of sp³-hybridized carbons (Fsp3) is 0.452. The lowest BCUT2D eigenvalue weighted by molar-refractivity contribution is -0.0893. The number of fused-ring (bicyclic) bond motifs is 1. The van der Waals surface area contributed by atoms with Crippen LogP contribution in [0.5, 0.6) is 5.75 Å². The SMILES string of the molecule is COC[C@]1(O)CCCC[C@H]1n1cnc(C(=O)N2CCNC[C@H]2CCOc2ccc3[nH]c(=O)oc3c2)c1-c1ccccc1. The van der Waals surface area contributed by atoms with Crippen molar-refractivity contribution in [1.29, 1.82) is 0 Å². The Kier molecular flexibility index (Phi) is 8.14. The van der Waals surface area contributed by atoms with Crippen LogP contribution in [0.3, 0.4) is 0 Å². The van der Waals surface area contributed by atoms with Gasteiger partial charge in [-0.1, -0.05) is 43.2 Å². The summed E-state index contributed by atoms with van der Waals surface area (Å²) >= 11 is 0. The standard InChI is InChI=1S/C31H37N5O6/c1-40-19-31(39)13-6-5-9-26(31)36-20-33-27(28(36)21-7-3-2-4-8-21)29(37)35-15-14-32-18-22(35)12-16-41-23-10-11-24-25(17-23)42-30(38)34-24/h2-4,7-8,10-11,17,20,22,26,32,39H,5-6,9,12-16,18-19H2,1H3,(H,34,38)/t22-,26-,31-/m1/s1. The van der Waals surface area contributed by atoms with Gasteiger partial charge in [0.05, 0.1) is 36.8 Å². The van der Waals surface area contributed by atoms with E-state index in [1.807, 2.05) is 39.8 Å². The number of aliphatic hydroxyl groups is 1. The Morgan fingerprint density at radius 3 is 2.90 bits per heavy atom. The number of ether oxygens (including phenoxy) is 2. The van der Waals surface area contributed by atoms with E-state index in [0.717, 1.165) is 30.5 Å². The molecule has 11 heteroatoms. The number of aromatic amines is 1. The van der Waals surface area contributed by atoms with Crippen molar-refractivity contribution in [3.8, 4) is 17.0 Å². The molecular formula is C31H37N5O6. The lowest BCUT2D eigenvalue weighted by Crippen LogP contribution is -2.54. The van der Waals surface area contributed by atoms with E-state index in [0.29, 0.717) is 61.6 Å². The highest BCUT2D eigenvalue weighted by molar-refractivity contribution is 5.98. The van der Waals surface area contributed by atoms with Crippen LogP contribution >= 0.6 is 0 Å². The molecule has 2 aliphatic rings. The van der Waals surface area contributed by atoms with Crippen LogP contribution in [-0.4, -0.2) is 82.0 Å². The Labute approximate surface area is 243 Å². The minimum Gasteiger partial charge on any atom is -0.493 e. The maximum atomic E-state index is 14.2. The molecule has 222 valence electrons. The fourth-order valence-corrected chi connectivity index (χ4v) is 6.41. The van der Waals surface area contributed by atoms with Crippen LogP contribution in [-0.2, 0) is 4.74 Å². The molecule has 4 aromatic rings. The second kappa shape index (κ2) is 12.1. The Hall–Kier alpha value is -3.93. The van der Waals surface area contributed by atoms with Crippen LogP contribution in [0.2, 0.25) is 0 Å². The molecule has 6 rings (SSSR count).